The predicted octanol–water partition coefficient (Wildman–Crippen LogP) is 2.43. The smallest absolute Gasteiger partial charge is 0.0897 e. The lowest BCUT2D eigenvalue weighted by Crippen LogP contribution is -2.38. The lowest BCUT2D eigenvalue weighted by molar-refractivity contribution is 0.259. The summed E-state index contributed by atoms with van der Waals surface area (Å²) >= 11 is 1.75. The molecule has 0 radical (unpaired) electrons. The second-order valence-corrected chi connectivity index (χ2v) is 6.63. The number of aryl methyl sites for hydroxylation is 1. The van der Waals surface area contributed by atoms with Crippen LogP contribution in [0.15, 0.2) is 5.38 Å². The molecule has 0 bridgehead atoms. The molecule has 3 unspecified atom stereocenters. The molecule has 2 N–H and O–H groups in total. The third-order valence-electron chi connectivity index (χ3n) is 4.28. The highest BCUT2D eigenvalue weighted by molar-refractivity contribution is 7.09. The molecule has 18 heavy (non-hydrogen) atoms. The van der Waals surface area contributed by atoms with Gasteiger partial charge in [-0.1, -0.05) is 6.42 Å². The van der Waals surface area contributed by atoms with Crippen LogP contribution in [-0.2, 0) is 6.54 Å². The van der Waals surface area contributed by atoms with Crippen LogP contribution in [0.4, 0.5) is 0 Å². The fourth-order valence-electron chi connectivity index (χ4n) is 3.45. The Bertz CT molecular complexity index is 395. The molecule has 102 valence electrons. The van der Waals surface area contributed by atoms with Gasteiger partial charge in [0, 0.05) is 31.1 Å². The first-order valence-electron chi connectivity index (χ1n) is 6.61. The van der Waals surface area contributed by atoms with E-state index in [2.05, 4.69) is 22.2 Å². The summed E-state index contributed by atoms with van der Waals surface area (Å²) in [6.45, 7) is 5.51. The molecule has 1 aliphatic carbocycles. The Morgan fingerprint density at radius 2 is 2.28 bits per heavy atom. The van der Waals surface area contributed by atoms with Crippen LogP contribution in [0.5, 0.6) is 0 Å². The van der Waals surface area contributed by atoms with Crippen molar-refractivity contribution in [3.63, 3.8) is 0 Å². The second kappa shape index (κ2) is 5.87. The summed E-state index contributed by atoms with van der Waals surface area (Å²) in [7, 11) is 0. The first kappa shape index (κ1) is 14.3. The largest absolute Gasteiger partial charge is 0.327 e. The zero-order valence-corrected chi connectivity index (χ0v) is 12.5. The molecule has 1 saturated carbocycles. The summed E-state index contributed by atoms with van der Waals surface area (Å²) in [6.07, 6.45) is 3.93. The van der Waals surface area contributed by atoms with Gasteiger partial charge in [0.1, 0.15) is 0 Å². The summed E-state index contributed by atoms with van der Waals surface area (Å²) < 4.78 is 0. The van der Waals surface area contributed by atoms with E-state index in [1.165, 1.54) is 43.1 Å². The van der Waals surface area contributed by atoms with Crippen molar-refractivity contribution in [1.82, 2.24) is 9.88 Å². The van der Waals surface area contributed by atoms with E-state index in [1.54, 1.807) is 11.3 Å². The maximum absolute atomic E-state index is 6.24. The fourth-order valence-corrected chi connectivity index (χ4v) is 4.05. The van der Waals surface area contributed by atoms with Crippen molar-refractivity contribution < 1.29 is 0 Å². The van der Waals surface area contributed by atoms with Crippen LogP contribution in [0.2, 0.25) is 0 Å². The number of nitrogens with zero attached hydrogens (tertiary/aromatic N) is 2. The van der Waals surface area contributed by atoms with E-state index in [4.69, 9.17) is 5.73 Å². The van der Waals surface area contributed by atoms with Crippen LogP contribution in [0.1, 0.15) is 30.0 Å². The molecule has 1 aromatic heterocycles. The van der Waals surface area contributed by atoms with Crippen molar-refractivity contribution in [3.8, 4) is 0 Å². The van der Waals surface area contributed by atoms with Gasteiger partial charge in [-0.3, -0.25) is 4.90 Å². The molecule has 0 amide bonds. The number of fused-ring (bicyclic) bond motifs is 1. The third-order valence-corrected chi connectivity index (χ3v) is 5.10. The molecule has 5 heteroatoms. The highest BCUT2D eigenvalue weighted by Gasteiger charge is 2.38. The van der Waals surface area contributed by atoms with Gasteiger partial charge in [0.15, 0.2) is 0 Å². The number of likely N-dealkylation sites (tertiary alicyclic amines) is 1. The van der Waals surface area contributed by atoms with Crippen molar-refractivity contribution in [2.45, 2.75) is 38.8 Å². The molecule has 3 atom stereocenters. The van der Waals surface area contributed by atoms with Gasteiger partial charge in [-0.05, 0) is 31.6 Å². The van der Waals surface area contributed by atoms with Crippen LogP contribution < -0.4 is 5.73 Å². The minimum absolute atomic E-state index is 0. The topological polar surface area (TPSA) is 42.2 Å². The molecule has 1 aliphatic heterocycles. The van der Waals surface area contributed by atoms with E-state index in [1.807, 2.05) is 0 Å². The number of nitrogens with two attached hydrogens (primary N) is 1. The number of halogens is 1. The van der Waals surface area contributed by atoms with Gasteiger partial charge in [-0.15, -0.1) is 23.7 Å². The van der Waals surface area contributed by atoms with E-state index in [9.17, 15) is 0 Å². The summed E-state index contributed by atoms with van der Waals surface area (Å²) in [4.78, 5) is 7.11. The van der Waals surface area contributed by atoms with Crippen molar-refractivity contribution in [2.75, 3.05) is 13.1 Å². The number of rotatable bonds is 2. The Morgan fingerprint density at radius 3 is 2.94 bits per heavy atom. The molecule has 3 nitrogen and oxygen atoms in total. The van der Waals surface area contributed by atoms with Gasteiger partial charge in [-0.25, -0.2) is 4.98 Å². The van der Waals surface area contributed by atoms with Crippen LogP contribution in [0.3, 0.4) is 0 Å². The molecule has 2 heterocycles. The number of thiazole rings is 1. The van der Waals surface area contributed by atoms with Crippen molar-refractivity contribution in [1.29, 1.82) is 0 Å². The molecule has 1 aromatic rings. The minimum Gasteiger partial charge on any atom is -0.327 e. The normalized spacial score (nSPS) is 32.0. The van der Waals surface area contributed by atoms with Crippen LogP contribution in [-0.4, -0.2) is 29.0 Å². The van der Waals surface area contributed by atoms with Crippen LogP contribution in [0, 0.1) is 18.8 Å². The average molecular weight is 288 g/mol. The maximum Gasteiger partial charge on any atom is 0.0897 e. The number of aromatic nitrogens is 1. The first-order valence-corrected chi connectivity index (χ1v) is 7.49. The molecular weight excluding hydrogens is 266 g/mol. The van der Waals surface area contributed by atoms with Crippen LogP contribution in [0.25, 0.3) is 0 Å². The molecule has 2 fully saturated rings. The standard InChI is InChI=1S/C13H21N3S.ClH/c1-9-15-11(8-17-9)6-16-5-10-3-2-4-13(14)12(10)7-16;/h8,10,12-13H,2-7,14H2,1H3;1H. The Kier molecular flexibility index (Phi) is 4.64. The quantitative estimate of drug-likeness (QED) is 0.908. The summed E-state index contributed by atoms with van der Waals surface area (Å²) in [5.74, 6) is 1.59. The SMILES string of the molecule is Cc1nc(CN2CC3CCCC(N)C3C2)cs1.Cl. The summed E-state index contributed by atoms with van der Waals surface area (Å²) in [6, 6.07) is 0.441. The van der Waals surface area contributed by atoms with Gasteiger partial charge in [0.2, 0.25) is 0 Å². The van der Waals surface area contributed by atoms with E-state index in [-0.39, 0.29) is 12.4 Å². The van der Waals surface area contributed by atoms with E-state index >= 15 is 0 Å². The van der Waals surface area contributed by atoms with E-state index in [0.717, 1.165) is 18.4 Å². The Labute approximate surface area is 119 Å². The molecule has 3 rings (SSSR count). The third kappa shape index (κ3) is 2.87. The van der Waals surface area contributed by atoms with Gasteiger partial charge < -0.3 is 5.73 Å². The molecular formula is C13H22ClN3S. The lowest BCUT2D eigenvalue weighted by atomic mass is 9.78. The monoisotopic (exact) mass is 287 g/mol. The maximum atomic E-state index is 6.24. The van der Waals surface area contributed by atoms with Crippen molar-refractivity contribution >= 4 is 23.7 Å². The highest BCUT2D eigenvalue weighted by Crippen LogP contribution is 2.36. The molecule has 2 aliphatic rings. The number of hydrogen-bond acceptors (Lipinski definition) is 4. The highest BCUT2D eigenvalue weighted by atomic mass is 35.5. The van der Waals surface area contributed by atoms with Gasteiger partial charge in [0.05, 0.1) is 10.7 Å². The predicted molar refractivity (Wildman–Crippen MR) is 78.2 cm³/mol. The summed E-state index contributed by atoms with van der Waals surface area (Å²) in [5, 5.41) is 3.37. The second-order valence-electron chi connectivity index (χ2n) is 5.57. The fraction of sp³-hybridized carbons (Fsp3) is 0.769. The Balaban J connectivity index is 0.00000120. The van der Waals surface area contributed by atoms with Crippen LogP contribution >= 0.6 is 23.7 Å². The average Bonchev–Trinajstić information content (AvgIpc) is 2.86. The minimum atomic E-state index is 0. The van der Waals surface area contributed by atoms with Gasteiger partial charge in [-0.2, -0.15) is 0 Å². The van der Waals surface area contributed by atoms with E-state index < -0.39 is 0 Å². The Hall–Kier alpha value is -0.160. The van der Waals surface area contributed by atoms with E-state index in [0.29, 0.717) is 6.04 Å². The summed E-state index contributed by atoms with van der Waals surface area (Å²) in [5.41, 5.74) is 7.48. The Morgan fingerprint density at radius 1 is 1.44 bits per heavy atom. The lowest BCUT2D eigenvalue weighted by Gasteiger charge is -2.29. The molecule has 1 saturated heterocycles. The van der Waals surface area contributed by atoms with Crippen molar-refractivity contribution in [2.24, 2.45) is 17.6 Å². The number of hydrogen-bond donors (Lipinski definition) is 1. The zero-order valence-electron chi connectivity index (χ0n) is 10.8. The molecule has 0 spiro atoms. The first-order chi connectivity index (χ1) is 8.22. The zero-order chi connectivity index (χ0) is 11.8. The van der Waals surface area contributed by atoms with Crippen molar-refractivity contribution in [3.05, 3.63) is 16.1 Å². The van der Waals surface area contributed by atoms with Gasteiger partial charge in [0.25, 0.3) is 0 Å². The molecule has 0 aromatic carbocycles. The van der Waals surface area contributed by atoms with Gasteiger partial charge >= 0.3 is 0 Å².